The van der Waals surface area contributed by atoms with Gasteiger partial charge in [0.15, 0.2) is 5.96 Å². The fourth-order valence-corrected chi connectivity index (χ4v) is 4.33. The summed E-state index contributed by atoms with van der Waals surface area (Å²) in [4.78, 5) is 7.45. The lowest BCUT2D eigenvalue weighted by atomic mass is 9.97. The Labute approximate surface area is 188 Å². The van der Waals surface area contributed by atoms with Gasteiger partial charge in [0.25, 0.3) is 0 Å². The van der Waals surface area contributed by atoms with Gasteiger partial charge in [-0.2, -0.15) is 0 Å². The summed E-state index contributed by atoms with van der Waals surface area (Å²) >= 11 is 0. The predicted molar refractivity (Wildman–Crippen MR) is 128 cm³/mol. The maximum absolute atomic E-state index is 6.18. The Balaban J connectivity index is 1.53. The summed E-state index contributed by atoms with van der Waals surface area (Å²) in [6.07, 6.45) is 4.88. The summed E-state index contributed by atoms with van der Waals surface area (Å²) in [7, 11) is 0. The number of likely N-dealkylation sites (tertiary alicyclic amines) is 1. The summed E-state index contributed by atoms with van der Waals surface area (Å²) in [5.74, 6) is 3.08. The highest BCUT2D eigenvalue weighted by molar-refractivity contribution is 5.79. The van der Waals surface area contributed by atoms with Crippen molar-refractivity contribution in [3.63, 3.8) is 0 Å². The van der Waals surface area contributed by atoms with Gasteiger partial charge in [-0.3, -0.25) is 0 Å². The molecule has 0 bridgehead atoms. The van der Waals surface area contributed by atoms with Gasteiger partial charge >= 0.3 is 0 Å². The summed E-state index contributed by atoms with van der Waals surface area (Å²) in [6.45, 7) is 15.0. The van der Waals surface area contributed by atoms with E-state index in [0.29, 0.717) is 12.5 Å². The van der Waals surface area contributed by atoms with E-state index in [-0.39, 0.29) is 0 Å². The fraction of sp³-hybridized carbons (Fsp3) is 0.720. The molecule has 6 heteroatoms. The largest absolute Gasteiger partial charge is 0.493 e. The summed E-state index contributed by atoms with van der Waals surface area (Å²) in [6, 6.07) is 6.41. The molecule has 0 aromatic heterocycles. The third-order valence-corrected chi connectivity index (χ3v) is 6.28. The molecule has 6 nitrogen and oxygen atoms in total. The Kier molecular flexibility index (Phi) is 9.94. The molecule has 1 atom stereocenters. The Hall–Kier alpha value is -1.79. The molecule has 2 aliphatic rings. The molecule has 1 aromatic carbocycles. The van der Waals surface area contributed by atoms with E-state index in [2.05, 4.69) is 54.5 Å². The standard InChI is InChI=1S/C25H42N4O2/c1-4-11-29-12-8-21(9-13-29)16-27-25(26-5-2)28-17-23-7-6-20(3)15-24(23)31-19-22-10-14-30-18-22/h6-7,15,21-22H,4-5,8-14,16-19H2,1-3H3,(H2,26,27,28). The number of rotatable bonds is 10. The van der Waals surface area contributed by atoms with E-state index in [1.165, 1.54) is 44.5 Å². The molecule has 2 heterocycles. The van der Waals surface area contributed by atoms with Crippen molar-refractivity contribution in [3.05, 3.63) is 29.3 Å². The number of piperidine rings is 1. The number of guanidine groups is 1. The Morgan fingerprint density at radius 3 is 2.71 bits per heavy atom. The smallest absolute Gasteiger partial charge is 0.191 e. The van der Waals surface area contributed by atoms with Crippen molar-refractivity contribution in [2.45, 2.75) is 53.0 Å². The Bertz CT molecular complexity index is 680. The molecule has 2 N–H and O–H groups in total. The number of aryl methyl sites for hydroxylation is 1. The molecule has 0 spiro atoms. The quantitative estimate of drug-likeness (QED) is 0.439. The molecule has 1 aromatic rings. The summed E-state index contributed by atoms with van der Waals surface area (Å²) in [5.41, 5.74) is 2.35. The van der Waals surface area contributed by atoms with Crippen LogP contribution in [0, 0.1) is 18.8 Å². The van der Waals surface area contributed by atoms with Crippen molar-refractivity contribution in [2.75, 3.05) is 52.5 Å². The first-order valence-corrected chi connectivity index (χ1v) is 12.2. The highest BCUT2D eigenvalue weighted by Crippen LogP contribution is 2.23. The van der Waals surface area contributed by atoms with E-state index in [1.54, 1.807) is 0 Å². The van der Waals surface area contributed by atoms with E-state index in [9.17, 15) is 0 Å². The zero-order valence-electron chi connectivity index (χ0n) is 19.8. The van der Waals surface area contributed by atoms with Crippen LogP contribution in [0.3, 0.4) is 0 Å². The molecular formula is C25H42N4O2. The zero-order valence-corrected chi connectivity index (χ0v) is 19.8. The van der Waals surface area contributed by atoms with Crippen LogP contribution in [0.4, 0.5) is 0 Å². The molecular weight excluding hydrogens is 388 g/mol. The van der Waals surface area contributed by atoms with Gasteiger partial charge in [-0.25, -0.2) is 4.99 Å². The second kappa shape index (κ2) is 12.9. The van der Waals surface area contributed by atoms with Gasteiger partial charge in [0.1, 0.15) is 5.75 Å². The number of hydrogen-bond donors (Lipinski definition) is 2. The molecule has 2 saturated heterocycles. The lowest BCUT2D eigenvalue weighted by molar-refractivity contribution is 0.166. The minimum absolute atomic E-state index is 0.500. The fourth-order valence-electron chi connectivity index (χ4n) is 4.33. The zero-order chi connectivity index (χ0) is 21.9. The van der Waals surface area contributed by atoms with Crippen LogP contribution in [-0.4, -0.2) is 63.4 Å². The second-order valence-corrected chi connectivity index (χ2v) is 9.01. The summed E-state index contributed by atoms with van der Waals surface area (Å²) in [5, 5.41) is 6.98. The van der Waals surface area contributed by atoms with Crippen LogP contribution < -0.4 is 15.4 Å². The van der Waals surface area contributed by atoms with Crippen molar-refractivity contribution in [1.82, 2.24) is 15.5 Å². The van der Waals surface area contributed by atoms with Crippen molar-refractivity contribution >= 4 is 5.96 Å². The first-order valence-electron chi connectivity index (χ1n) is 12.2. The van der Waals surface area contributed by atoms with Crippen LogP contribution in [0.5, 0.6) is 5.75 Å². The molecule has 2 aliphatic heterocycles. The lowest BCUT2D eigenvalue weighted by Crippen LogP contribution is -2.43. The minimum Gasteiger partial charge on any atom is -0.493 e. The van der Waals surface area contributed by atoms with Crippen LogP contribution in [0.2, 0.25) is 0 Å². The van der Waals surface area contributed by atoms with Gasteiger partial charge in [0.2, 0.25) is 0 Å². The Morgan fingerprint density at radius 2 is 2.00 bits per heavy atom. The van der Waals surface area contributed by atoms with Gasteiger partial charge in [-0.15, -0.1) is 0 Å². The SMILES string of the molecule is CCCN1CCC(CNC(=NCc2ccc(C)cc2OCC2CCOC2)NCC)CC1. The highest BCUT2D eigenvalue weighted by Gasteiger charge is 2.19. The van der Waals surface area contributed by atoms with E-state index in [0.717, 1.165) is 62.5 Å². The number of hydrogen-bond acceptors (Lipinski definition) is 4. The molecule has 0 aliphatic carbocycles. The number of aliphatic imine (C=N–C) groups is 1. The molecule has 3 rings (SSSR count). The van der Waals surface area contributed by atoms with Crippen molar-refractivity contribution < 1.29 is 9.47 Å². The third kappa shape index (κ3) is 8.00. The highest BCUT2D eigenvalue weighted by atomic mass is 16.5. The molecule has 0 radical (unpaired) electrons. The van der Waals surface area contributed by atoms with E-state index < -0.39 is 0 Å². The maximum atomic E-state index is 6.18. The Morgan fingerprint density at radius 1 is 1.16 bits per heavy atom. The predicted octanol–water partition coefficient (Wildman–Crippen LogP) is 3.59. The lowest BCUT2D eigenvalue weighted by Gasteiger charge is -2.32. The van der Waals surface area contributed by atoms with Crippen molar-refractivity contribution in [2.24, 2.45) is 16.8 Å². The second-order valence-electron chi connectivity index (χ2n) is 9.01. The van der Waals surface area contributed by atoms with E-state index in [4.69, 9.17) is 14.5 Å². The molecule has 2 fully saturated rings. The van der Waals surface area contributed by atoms with Crippen molar-refractivity contribution in [1.29, 1.82) is 0 Å². The molecule has 174 valence electrons. The van der Waals surface area contributed by atoms with Gasteiger partial charge in [0.05, 0.1) is 19.8 Å². The molecule has 0 amide bonds. The monoisotopic (exact) mass is 430 g/mol. The first-order chi connectivity index (χ1) is 15.2. The average Bonchev–Trinajstić information content (AvgIpc) is 3.30. The van der Waals surface area contributed by atoms with Crippen LogP contribution in [-0.2, 0) is 11.3 Å². The topological polar surface area (TPSA) is 58.1 Å². The van der Waals surface area contributed by atoms with Crippen LogP contribution in [0.15, 0.2) is 23.2 Å². The van der Waals surface area contributed by atoms with Gasteiger partial charge in [-0.1, -0.05) is 19.1 Å². The number of benzene rings is 1. The first kappa shape index (κ1) is 23.9. The average molecular weight is 431 g/mol. The molecule has 31 heavy (non-hydrogen) atoms. The van der Waals surface area contributed by atoms with E-state index >= 15 is 0 Å². The third-order valence-electron chi connectivity index (χ3n) is 6.28. The van der Waals surface area contributed by atoms with Crippen molar-refractivity contribution in [3.8, 4) is 5.75 Å². The number of ether oxygens (including phenoxy) is 2. The van der Waals surface area contributed by atoms with Crippen LogP contribution in [0.1, 0.15) is 50.7 Å². The number of nitrogens with zero attached hydrogens (tertiary/aromatic N) is 2. The normalized spacial score (nSPS) is 20.7. The molecule has 0 saturated carbocycles. The van der Waals surface area contributed by atoms with Crippen LogP contribution >= 0.6 is 0 Å². The maximum Gasteiger partial charge on any atom is 0.191 e. The van der Waals surface area contributed by atoms with Gasteiger partial charge in [-0.05, 0) is 76.7 Å². The van der Waals surface area contributed by atoms with Crippen LogP contribution in [0.25, 0.3) is 0 Å². The number of nitrogens with one attached hydrogen (secondary N) is 2. The minimum atomic E-state index is 0.500. The summed E-state index contributed by atoms with van der Waals surface area (Å²) < 4.78 is 11.7. The van der Waals surface area contributed by atoms with Gasteiger partial charge in [0, 0.05) is 31.2 Å². The van der Waals surface area contributed by atoms with E-state index in [1.807, 2.05) is 0 Å². The molecule has 1 unspecified atom stereocenters. The van der Waals surface area contributed by atoms with Gasteiger partial charge < -0.3 is 25.0 Å².